The minimum atomic E-state index is -3.32. The van der Waals surface area contributed by atoms with Gasteiger partial charge < -0.3 is 18.2 Å². The standard InChI is InChI=1S/C24H35O5PSSi/c1-6-27-30(25,28-7-2)23-26-18-20(31-23)19-29-32(24(3,4)5,21-14-10-8-11-15-21)22-16-12-9-13-17-22/h8-17,20,23H,6-7,18-19H2,1-5H3/t20-,23+/m0/s1. The van der Waals surface area contributed by atoms with Gasteiger partial charge in [0.25, 0.3) is 8.32 Å². The monoisotopic (exact) mass is 494 g/mol. The molecule has 2 aromatic carbocycles. The van der Waals surface area contributed by atoms with Crippen molar-refractivity contribution in [3.63, 3.8) is 0 Å². The van der Waals surface area contributed by atoms with Crippen LogP contribution in [-0.2, 0) is 22.8 Å². The molecule has 0 N–H and O–H groups in total. The highest BCUT2D eigenvalue weighted by Crippen LogP contribution is 2.60. The van der Waals surface area contributed by atoms with Gasteiger partial charge >= 0.3 is 7.60 Å². The van der Waals surface area contributed by atoms with Crippen molar-refractivity contribution in [1.82, 2.24) is 0 Å². The summed E-state index contributed by atoms with van der Waals surface area (Å²) in [4.78, 5) is 0. The van der Waals surface area contributed by atoms with E-state index in [1.54, 1.807) is 0 Å². The normalized spacial score (nSPS) is 19.9. The molecule has 176 valence electrons. The molecule has 0 radical (unpaired) electrons. The zero-order valence-electron chi connectivity index (χ0n) is 19.7. The average Bonchev–Trinajstić information content (AvgIpc) is 3.25. The van der Waals surface area contributed by atoms with Gasteiger partial charge in [-0.05, 0) is 29.3 Å². The highest BCUT2D eigenvalue weighted by atomic mass is 32.2. The third-order valence-electron chi connectivity index (χ3n) is 5.51. The van der Waals surface area contributed by atoms with Crippen molar-refractivity contribution in [2.45, 2.75) is 50.1 Å². The van der Waals surface area contributed by atoms with Gasteiger partial charge in [-0.15, -0.1) is 11.8 Å². The van der Waals surface area contributed by atoms with Crippen LogP contribution >= 0.6 is 19.4 Å². The molecule has 0 aromatic heterocycles. The average molecular weight is 495 g/mol. The molecule has 0 unspecified atom stereocenters. The molecule has 0 aliphatic carbocycles. The first-order chi connectivity index (χ1) is 15.3. The molecule has 1 aliphatic rings. The van der Waals surface area contributed by atoms with Crippen LogP contribution in [-0.4, -0.2) is 45.2 Å². The Hall–Kier alpha value is -0.923. The van der Waals surface area contributed by atoms with Crippen molar-refractivity contribution in [2.24, 2.45) is 0 Å². The van der Waals surface area contributed by atoms with E-state index in [2.05, 4.69) is 69.3 Å². The Bertz CT molecular complexity index is 841. The van der Waals surface area contributed by atoms with E-state index in [-0.39, 0.29) is 10.3 Å². The molecule has 1 aliphatic heterocycles. The lowest BCUT2D eigenvalue weighted by Crippen LogP contribution is -2.67. The van der Waals surface area contributed by atoms with Crippen molar-refractivity contribution in [3.05, 3.63) is 60.7 Å². The summed E-state index contributed by atoms with van der Waals surface area (Å²) in [5, 5.41) is 1.83. The summed E-state index contributed by atoms with van der Waals surface area (Å²) >= 11 is 1.50. The maximum absolute atomic E-state index is 13.1. The van der Waals surface area contributed by atoms with Crippen molar-refractivity contribution >= 4 is 38.0 Å². The van der Waals surface area contributed by atoms with E-state index in [1.807, 2.05) is 26.0 Å². The fourth-order valence-corrected chi connectivity index (χ4v) is 12.5. The van der Waals surface area contributed by atoms with E-state index in [1.165, 1.54) is 22.1 Å². The van der Waals surface area contributed by atoms with E-state index in [4.69, 9.17) is 18.2 Å². The van der Waals surface area contributed by atoms with E-state index >= 15 is 0 Å². The number of ether oxygens (including phenoxy) is 1. The number of thioether (sulfide) groups is 1. The van der Waals surface area contributed by atoms with Crippen LogP contribution < -0.4 is 10.4 Å². The number of hydrogen-bond acceptors (Lipinski definition) is 6. The van der Waals surface area contributed by atoms with E-state index in [0.717, 1.165) is 0 Å². The fraction of sp³-hybridized carbons (Fsp3) is 0.500. The molecule has 3 rings (SSSR count). The molecule has 0 amide bonds. The van der Waals surface area contributed by atoms with Crippen LogP contribution in [0.25, 0.3) is 0 Å². The highest BCUT2D eigenvalue weighted by Gasteiger charge is 2.51. The molecule has 0 saturated carbocycles. The Morgan fingerprint density at radius 1 is 0.969 bits per heavy atom. The minimum Gasteiger partial charge on any atom is -0.406 e. The summed E-state index contributed by atoms with van der Waals surface area (Å²) in [6.45, 7) is 12.0. The molecule has 32 heavy (non-hydrogen) atoms. The summed E-state index contributed by atoms with van der Waals surface area (Å²) in [6, 6.07) is 21.2. The quantitative estimate of drug-likeness (QED) is 0.332. The second kappa shape index (κ2) is 11.0. The van der Waals surface area contributed by atoms with Gasteiger partial charge in [-0.1, -0.05) is 81.4 Å². The SMILES string of the molecule is CCOP(=O)(OCC)[C@H]1OC[C@@H](CO[Si](c2ccccc2)(c2ccccc2)C(C)(C)C)S1. The van der Waals surface area contributed by atoms with Crippen LogP contribution in [0, 0.1) is 0 Å². The molecule has 1 heterocycles. The van der Waals surface area contributed by atoms with Crippen molar-refractivity contribution in [1.29, 1.82) is 0 Å². The van der Waals surface area contributed by atoms with Gasteiger partial charge in [0.05, 0.1) is 25.1 Å². The van der Waals surface area contributed by atoms with Gasteiger partial charge in [0.1, 0.15) is 0 Å². The molecule has 5 nitrogen and oxygen atoms in total. The number of hydrogen-bond donors (Lipinski definition) is 0. The van der Waals surface area contributed by atoms with E-state index in [0.29, 0.717) is 26.4 Å². The summed E-state index contributed by atoms with van der Waals surface area (Å²) in [7, 11) is -5.94. The highest BCUT2D eigenvalue weighted by molar-refractivity contribution is 8.06. The van der Waals surface area contributed by atoms with Crippen LogP contribution in [0.1, 0.15) is 34.6 Å². The molecule has 2 atom stereocenters. The number of benzene rings is 2. The van der Waals surface area contributed by atoms with Gasteiger partial charge in [-0.3, -0.25) is 4.57 Å². The topological polar surface area (TPSA) is 54.0 Å². The molecule has 2 aromatic rings. The lowest BCUT2D eigenvalue weighted by Gasteiger charge is -2.43. The predicted molar refractivity (Wildman–Crippen MR) is 136 cm³/mol. The first-order valence-electron chi connectivity index (χ1n) is 11.2. The molecule has 1 fully saturated rings. The Morgan fingerprint density at radius 2 is 1.47 bits per heavy atom. The van der Waals surface area contributed by atoms with Gasteiger partial charge in [0.2, 0.25) is 5.18 Å². The van der Waals surface area contributed by atoms with Crippen molar-refractivity contribution < 1.29 is 22.8 Å². The third-order valence-corrected chi connectivity index (χ3v) is 14.6. The fourth-order valence-electron chi connectivity index (χ4n) is 4.18. The van der Waals surface area contributed by atoms with Crippen LogP contribution in [0.15, 0.2) is 60.7 Å². The Kier molecular flexibility index (Phi) is 8.83. The summed E-state index contributed by atoms with van der Waals surface area (Å²) < 4.78 is 37.0. The molecule has 0 bridgehead atoms. The Morgan fingerprint density at radius 3 is 1.91 bits per heavy atom. The summed E-state index contributed by atoms with van der Waals surface area (Å²) in [6.07, 6.45) is 0. The molecular weight excluding hydrogens is 459 g/mol. The molecule has 1 saturated heterocycles. The van der Waals surface area contributed by atoms with Crippen molar-refractivity contribution in [3.8, 4) is 0 Å². The van der Waals surface area contributed by atoms with Crippen LogP contribution in [0.3, 0.4) is 0 Å². The molecular formula is C24H35O5PSSi. The smallest absolute Gasteiger partial charge is 0.369 e. The first kappa shape index (κ1) is 25.7. The van der Waals surface area contributed by atoms with Crippen molar-refractivity contribution in [2.75, 3.05) is 26.4 Å². The van der Waals surface area contributed by atoms with Crippen LogP contribution in [0.5, 0.6) is 0 Å². The Balaban J connectivity index is 1.87. The van der Waals surface area contributed by atoms with Gasteiger partial charge in [-0.25, -0.2) is 0 Å². The second-order valence-electron chi connectivity index (χ2n) is 8.75. The first-order valence-corrected chi connectivity index (χ1v) is 15.6. The lowest BCUT2D eigenvalue weighted by atomic mass is 10.2. The van der Waals surface area contributed by atoms with E-state index < -0.39 is 21.1 Å². The number of rotatable bonds is 10. The Labute approximate surface area is 197 Å². The summed E-state index contributed by atoms with van der Waals surface area (Å²) in [5.74, 6) is 0. The summed E-state index contributed by atoms with van der Waals surface area (Å²) in [5.41, 5.74) is 0. The van der Waals surface area contributed by atoms with Crippen LogP contribution in [0.2, 0.25) is 5.04 Å². The predicted octanol–water partition coefficient (Wildman–Crippen LogP) is 5.24. The minimum absolute atomic E-state index is 0.0517. The zero-order chi connectivity index (χ0) is 23.2. The van der Waals surface area contributed by atoms with Crippen LogP contribution in [0.4, 0.5) is 0 Å². The maximum Gasteiger partial charge on any atom is 0.369 e. The third kappa shape index (κ3) is 5.41. The molecule has 0 spiro atoms. The van der Waals surface area contributed by atoms with Gasteiger partial charge in [0, 0.05) is 6.61 Å². The maximum atomic E-state index is 13.1. The zero-order valence-corrected chi connectivity index (χ0v) is 22.4. The second-order valence-corrected chi connectivity index (χ2v) is 16.8. The van der Waals surface area contributed by atoms with Gasteiger partial charge in [0.15, 0.2) is 0 Å². The largest absolute Gasteiger partial charge is 0.406 e. The lowest BCUT2D eigenvalue weighted by molar-refractivity contribution is 0.123. The molecule has 8 heteroatoms. The van der Waals surface area contributed by atoms with E-state index in [9.17, 15) is 4.57 Å². The van der Waals surface area contributed by atoms with Gasteiger partial charge in [-0.2, -0.15) is 0 Å².